The molecule has 9 aromatic rings. The van der Waals surface area contributed by atoms with Crippen LogP contribution in [0.1, 0.15) is 0 Å². The van der Waals surface area contributed by atoms with Crippen LogP contribution in [0.4, 0.5) is 0 Å². The number of nitrogens with zero attached hydrogens (tertiary/aromatic N) is 4. The SMILES string of the molecule is c1ccc(-c2nc(-c3ccccc3)nc(-c3ccc4ccccc4c3-c3cc4nc(-c5ccccc5)sc4c4ccccc34)n2)cc1. The maximum absolute atomic E-state index is 5.19. The number of fused-ring (bicyclic) bond motifs is 4. The van der Waals surface area contributed by atoms with Crippen LogP contribution in [0.5, 0.6) is 0 Å². The molecule has 0 amide bonds. The van der Waals surface area contributed by atoms with Crippen LogP contribution in [-0.2, 0) is 0 Å². The molecule has 7 aromatic carbocycles. The molecule has 5 heteroatoms. The van der Waals surface area contributed by atoms with E-state index in [9.17, 15) is 0 Å². The summed E-state index contributed by atoms with van der Waals surface area (Å²) < 4.78 is 1.18. The predicted molar refractivity (Wildman–Crippen MR) is 195 cm³/mol. The van der Waals surface area contributed by atoms with Gasteiger partial charge >= 0.3 is 0 Å². The number of hydrogen-bond donors (Lipinski definition) is 0. The van der Waals surface area contributed by atoms with Crippen molar-refractivity contribution in [3.63, 3.8) is 0 Å². The van der Waals surface area contributed by atoms with E-state index in [1.165, 1.54) is 15.5 Å². The zero-order valence-corrected chi connectivity index (χ0v) is 26.0. The molecule has 0 saturated heterocycles. The van der Waals surface area contributed by atoms with Gasteiger partial charge in [0, 0.05) is 33.2 Å². The highest BCUT2D eigenvalue weighted by atomic mass is 32.1. The van der Waals surface area contributed by atoms with E-state index in [2.05, 4.69) is 91.0 Å². The summed E-state index contributed by atoms with van der Waals surface area (Å²) in [6.45, 7) is 0. The molecule has 2 heterocycles. The van der Waals surface area contributed by atoms with Crippen molar-refractivity contribution in [3.05, 3.63) is 158 Å². The summed E-state index contributed by atoms with van der Waals surface area (Å²) >= 11 is 1.74. The van der Waals surface area contributed by atoms with E-state index in [0.29, 0.717) is 17.5 Å². The molecular formula is C42H26N4S. The summed E-state index contributed by atoms with van der Waals surface area (Å²) in [4.78, 5) is 20.4. The molecular weight excluding hydrogens is 593 g/mol. The van der Waals surface area contributed by atoms with Crippen LogP contribution in [0.2, 0.25) is 0 Å². The Balaban J connectivity index is 1.36. The molecule has 0 unspecified atom stereocenters. The third-order valence-corrected chi connectivity index (χ3v) is 9.71. The maximum Gasteiger partial charge on any atom is 0.164 e. The molecule has 0 spiro atoms. The highest BCUT2D eigenvalue weighted by molar-refractivity contribution is 7.22. The standard InChI is InChI=1S/C42H26N4S/c1-4-15-28(16-5-1)39-44-40(29-17-6-2-7-18-29)46-41(45-39)34-25-24-27-14-10-11-21-31(27)37(34)35-26-36-38(33-23-13-12-22-32(33)35)47-42(43-36)30-19-8-3-9-20-30/h1-26H. The van der Waals surface area contributed by atoms with E-state index < -0.39 is 0 Å². The molecule has 220 valence electrons. The molecule has 0 aliphatic heterocycles. The Morgan fingerprint density at radius 2 is 0.915 bits per heavy atom. The third-order valence-electron chi connectivity index (χ3n) is 8.56. The van der Waals surface area contributed by atoms with E-state index in [1.807, 2.05) is 66.7 Å². The van der Waals surface area contributed by atoms with Crippen LogP contribution in [0.25, 0.3) is 87.6 Å². The molecule has 47 heavy (non-hydrogen) atoms. The molecule has 0 aliphatic carbocycles. The van der Waals surface area contributed by atoms with Gasteiger partial charge in [-0.2, -0.15) is 0 Å². The maximum atomic E-state index is 5.19. The molecule has 0 bridgehead atoms. The second-order valence-electron chi connectivity index (χ2n) is 11.5. The van der Waals surface area contributed by atoms with Crippen molar-refractivity contribution in [2.45, 2.75) is 0 Å². The fraction of sp³-hybridized carbons (Fsp3) is 0. The van der Waals surface area contributed by atoms with E-state index >= 15 is 0 Å². The zero-order chi connectivity index (χ0) is 31.2. The number of aromatic nitrogens is 4. The summed E-state index contributed by atoms with van der Waals surface area (Å²) in [7, 11) is 0. The lowest BCUT2D eigenvalue weighted by atomic mass is 9.89. The third kappa shape index (κ3) is 4.85. The number of rotatable bonds is 5. The lowest BCUT2D eigenvalue weighted by Gasteiger charge is -2.16. The van der Waals surface area contributed by atoms with E-state index in [-0.39, 0.29) is 0 Å². The van der Waals surface area contributed by atoms with Gasteiger partial charge < -0.3 is 0 Å². The first-order valence-electron chi connectivity index (χ1n) is 15.6. The van der Waals surface area contributed by atoms with Gasteiger partial charge in [0.2, 0.25) is 0 Å². The number of thiazole rings is 1. The molecule has 9 rings (SSSR count). The van der Waals surface area contributed by atoms with Crippen molar-refractivity contribution < 1.29 is 0 Å². The van der Waals surface area contributed by atoms with Gasteiger partial charge in [-0.3, -0.25) is 0 Å². The largest absolute Gasteiger partial charge is 0.236 e. The van der Waals surface area contributed by atoms with Gasteiger partial charge in [-0.25, -0.2) is 19.9 Å². The summed E-state index contributed by atoms with van der Waals surface area (Å²) in [6, 6.07) is 54.5. The molecule has 4 nitrogen and oxygen atoms in total. The fourth-order valence-electron chi connectivity index (χ4n) is 6.34. The average Bonchev–Trinajstić information content (AvgIpc) is 3.60. The van der Waals surface area contributed by atoms with E-state index in [4.69, 9.17) is 19.9 Å². The van der Waals surface area contributed by atoms with E-state index in [1.54, 1.807) is 11.3 Å². The minimum absolute atomic E-state index is 0.630. The normalized spacial score (nSPS) is 11.4. The van der Waals surface area contributed by atoms with Gasteiger partial charge in [0.05, 0.1) is 10.2 Å². The Labute approximate surface area is 275 Å². The van der Waals surface area contributed by atoms with Gasteiger partial charge in [0.15, 0.2) is 17.5 Å². The fourth-order valence-corrected chi connectivity index (χ4v) is 7.43. The first kappa shape index (κ1) is 27.3. The second kappa shape index (κ2) is 11.4. The average molecular weight is 619 g/mol. The number of hydrogen-bond acceptors (Lipinski definition) is 5. The molecule has 2 aromatic heterocycles. The molecule has 0 N–H and O–H groups in total. The second-order valence-corrected chi connectivity index (χ2v) is 12.4. The highest BCUT2D eigenvalue weighted by Crippen LogP contribution is 2.45. The summed E-state index contributed by atoms with van der Waals surface area (Å²) in [5.41, 5.74) is 7.12. The topological polar surface area (TPSA) is 51.6 Å². The number of benzene rings is 7. The minimum Gasteiger partial charge on any atom is -0.236 e. The Morgan fingerprint density at radius 1 is 0.383 bits per heavy atom. The summed E-state index contributed by atoms with van der Waals surface area (Å²) in [6.07, 6.45) is 0. The lowest BCUT2D eigenvalue weighted by molar-refractivity contribution is 1.07. The van der Waals surface area contributed by atoms with Crippen molar-refractivity contribution >= 4 is 43.1 Å². The lowest BCUT2D eigenvalue weighted by Crippen LogP contribution is -2.01. The first-order valence-corrected chi connectivity index (χ1v) is 16.4. The van der Waals surface area contributed by atoms with Crippen LogP contribution in [-0.4, -0.2) is 19.9 Å². The van der Waals surface area contributed by atoms with E-state index in [0.717, 1.165) is 54.7 Å². The van der Waals surface area contributed by atoms with Gasteiger partial charge in [0.25, 0.3) is 0 Å². The first-order chi connectivity index (χ1) is 23.3. The molecule has 0 radical (unpaired) electrons. The van der Waals surface area contributed by atoms with Crippen molar-refractivity contribution in [2.24, 2.45) is 0 Å². The van der Waals surface area contributed by atoms with Crippen molar-refractivity contribution in [3.8, 4) is 55.9 Å². The predicted octanol–water partition coefficient (Wildman–Crippen LogP) is 11.1. The van der Waals surface area contributed by atoms with Crippen LogP contribution >= 0.6 is 11.3 Å². The van der Waals surface area contributed by atoms with Gasteiger partial charge in [0.1, 0.15) is 5.01 Å². The Hall–Kier alpha value is -6.04. The Morgan fingerprint density at radius 3 is 1.57 bits per heavy atom. The molecule has 0 saturated carbocycles. The zero-order valence-electron chi connectivity index (χ0n) is 25.2. The van der Waals surface area contributed by atoms with Gasteiger partial charge in [-0.1, -0.05) is 146 Å². The van der Waals surface area contributed by atoms with Crippen LogP contribution < -0.4 is 0 Å². The molecule has 0 atom stereocenters. The minimum atomic E-state index is 0.630. The van der Waals surface area contributed by atoms with Gasteiger partial charge in [-0.05, 0) is 33.9 Å². The van der Waals surface area contributed by atoms with Crippen molar-refractivity contribution in [1.29, 1.82) is 0 Å². The van der Waals surface area contributed by atoms with Crippen molar-refractivity contribution in [2.75, 3.05) is 0 Å². The van der Waals surface area contributed by atoms with Crippen LogP contribution in [0, 0.1) is 0 Å². The molecule has 0 fully saturated rings. The summed E-state index contributed by atoms with van der Waals surface area (Å²) in [5, 5.41) is 5.65. The Kier molecular flexibility index (Phi) is 6.61. The quantitative estimate of drug-likeness (QED) is 0.193. The monoisotopic (exact) mass is 618 g/mol. The highest BCUT2D eigenvalue weighted by Gasteiger charge is 2.21. The molecule has 0 aliphatic rings. The smallest absolute Gasteiger partial charge is 0.164 e. The Bertz CT molecular complexity index is 2500. The van der Waals surface area contributed by atoms with Crippen molar-refractivity contribution in [1.82, 2.24) is 19.9 Å². The van der Waals surface area contributed by atoms with Gasteiger partial charge in [-0.15, -0.1) is 11.3 Å². The van der Waals surface area contributed by atoms with Crippen LogP contribution in [0.3, 0.4) is 0 Å². The summed E-state index contributed by atoms with van der Waals surface area (Å²) in [5.74, 6) is 1.91. The van der Waals surface area contributed by atoms with Crippen LogP contribution in [0.15, 0.2) is 158 Å².